The zero-order valence-corrected chi connectivity index (χ0v) is 16.4. The summed E-state index contributed by atoms with van der Waals surface area (Å²) in [6, 6.07) is 18.8. The molecule has 0 heterocycles. The molecule has 3 aromatic rings. The van der Waals surface area contributed by atoms with Gasteiger partial charge >= 0.3 is 0 Å². The molecule has 0 atom stereocenters. The molecule has 0 spiro atoms. The Morgan fingerprint density at radius 1 is 1.07 bits per heavy atom. The predicted molar refractivity (Wildman–Crippen MR) is 112 cm³/mol. The molecule has 6 nitrogen and oxygen atoms in total. The third-order valence-electron chi connectivity index (χ3n) is 4.04. The lowest BCUT2D eigenvalue weighted by Gasteiger charge is -2.07. The van der Waals surface area contributed by atoms with Crippen LogP contribution in [-0.2, 0) is 6.61 Å². The molecule has 1 amide bonds. The maximum atomic E-state index is 12.2. The van der Waals surface area contributed by atoms with E-state index in [1.165, 1.54) is 19.4 Å². The number of aromatic hydroxyl groups is 1. The largest absolute Gasteiger partial charge is 0.507 e. The van der Waals surface area contributed by atoms with Crippen molar-refractivity contribution in [1.29, 1.82) is 0 Å². The number of carbonyl (C=O) groups is 1. The van der Waals surface area contributed by atoms with Gasteiger partial charge in [-0.2, -0.15) is 5.10 Å². The zero-order valence-electron chi connectivity index (χ0n) is 15.6. The number of nitrogens with one attached hydrogen (secondary N) is 1. The van der Waals surface area contributed by atoms with E-state index >= 15 is 0 Å². The highest BCUT2D eigenvalue weighted by atomic mass is 35.5. The second-order valence-electron chi connectivity index (χ2n) is 6.06. The van der Waals surface area contributed by atoms with Gasteiger partial charge in [0.15, 0.2) is 0 Å². The van der Waals surface area contributed by atoms with Crippen molar-refractivity contribution in [3.05, 3.63) is 88.4 Å². The Morgan fingerprint density at radius 3 is 2.45 bits per heavy atom. The van der Waals surface area contributed by atoms with Gasteiger partial charge in [0, 0.05) is 16.1 Å². The van der Waals surface area contributed by atoms with Crippen molar-refractivity contribution in [2.75, 3.05) is 7.11 Å². The average molecular weight is 411 g/mol. The number of methoxy groups -OCH3 is 1. The van der Waals surface area contributed by atoms with E-state index in [2.05, 4.69) is 10.5 Å². The fourth-order valence-electron chi connectivity index (χ4n) is 2.44. The fourth-order valence-corrected chi connectivity index (χ4v) is 2.56. The highest BCUT2D eigenvalue weighted by molar-refractivity contribution is 6.30. The summed E-state index contributed by atoms with van der Waals surface area (Å²) >= 11 is 5.86. The Kier molecular flexibility index (Phi) is 6.71. The van der Waals surface area contributed by atoms with E-state index in [0.717, 1.165) is 5.56 Å². The van der Waals surface area contributed by atoms with Crippen LogP contribution in [0, 0.1) is 0 Å². The number of nitrogens with zero attached hydrogens (tertiary/aromatic N) is 1. The molecule has 7 heteroatoms. The molecule has 3 rings (SSSR count). The van der Waals surface area contributed by atoms with Crippen LogP contribution in [0.15, 0.2) is 71.8 Å². The van der Waals surface area contributed by atoms with E-state index in [1.807, 2.05) is 12.1 Å². The molecule has 0 aliphatic carbocycles. The zero-order chi connectivity index (χ0) is 20.6. The first-order valence-corrected chi connectivity index (χ1v) is 9.10. The van der Waals surface area contributed by atoms with E-state index in [9.17, 15) is 9.90 Å². The van der Waals surface area contributed by atoms with Gasteiger partial charge in [0.1, 0.15) is 23.9 Å². The number of halogens is 1. The highest BCUT2D eigenvalue weighted by Gasteiger charge is 2.06. The summed E-state index contributed by atoms with van der Waals surface area (Å²) in [6.45, 7) is 0.400. The van der Waals surface area contributed by atoms with Crippen LogP contribution in [0.5, 0.6) is 17.2 Å². The van der Waals surface area contributed by atoms with Crippen LogP contribution in [0.1, 0.15) is 21.5 Å². The van der Waals surface area contributed by atoms with E-state index < -0.39 is 0 Å². The van der Waals surface area contributed by atoms with Crippen molar-refractivity contribution in [3.63, 3.8) is 0 Å². The molecule has 0 saturated heterocycles. The molecule has 2 N–H and O–H groups in total. The third-order valence-corrected chi connectivity index (χ3v) is 4.29. The summed E-state index contributed by atoms with van der Waals surface area (Å²) in [5.74, 6) is 0.866. The van der Waals surface area contributed by atoms with Crippen molar-refractivity contribution in [2.24, 2.45) is 5.10 Å². The third kappa shape index (κ3) is 5.73. The minimum atomic E-state index is -0.382. The van der Waals surface area contributed by atoms with Gasteiger partial charge in [0.25, 0.3) is 5.91 Å². The van der Waals surface area contributed by atoms with Gasteiger partial charge in [0.2, 0.25) is 0 Å². The summed E-state index contributed by atoms with van der Waals surface area (Å²) in [5.41, 5.74) is 4.27. The molecule has 0 aliphatic rings. The number of carbonyl (C=O) groups excluding carboxylic acids is 1. The molecule has 148 valence electrons. The average Bonchev–Trinajstić information content (AvgIpc) is 2.75. The Bertz CT molecular complexity index is 1000. The Balaban J connectivity index is 1.55. The van der Waals surface area contributed by atoms with Crippen LogP contribution in [0.3, 0.4) is 0 Å². The summed E-state index contributed by atoms with van der Waals surface area (Å²) in [5, 5.41) is 14.4. The molecule has 29 heavy (non-hydrogen) atoms. The van der Waals surface area contributed by atoms with Crippen LogP contribution in [0.25, 0.3) is 0 Å². The quantitative estimate of drug-likeness (QED) is 0.447. The van der Waals surface area contributed by atoms with E-state index in [4.69, 9.17) is 21.1 Å². The lowest BCUT2D eigenvalue weighted by Crippen LogP contribution is -2.17. The summed E-state index contributed by atoms with van der Waals surface area (Å²) in [6.07, 6.45) is 1.35. The smallest absolute Gasteiger partial charge is 0.271 e. The molecule has 3 aromatic carbocycles. The van der Waals surface area contributed by atoms with Gasteiger partial charge in [-0.15, -0.1) is 0 Å². The van der Waals surface area contributed by atoms with E-state index in [1.54, 1.807) is 48.5 Å². The van der Waals surface area contributed by atoms with Gasteiger partial charge < -0.3 is 14.6 Å². The minimum absolute atomic E-state index is 0.0333. The molecule has 0 aliphatic heterocycles. The number of benzene rings is 3. The fraction of sp³-hybridized carbons (Fsp3) is 0.0909. The number of ether oxygens (including phenoxy) is 2. The minimum Gasteiger partial charge on any atom is -0.507 e. The first-order valence-electron chi connectivity index (χ1n) is 8.73. The standard InChI is InChI=1S/C22H19ClN2O4/c1-28-20-10-11-21(26)17(12-20)13-24-25-22(27)16-4-8-19(9-5-16)29-14-15-2-6-18(23)7-3-15/h2-13,26H,14H2,1H3,(H,25,27)/b24-13-. The van der Waals surface area contributed by atoms with Gasteiger partial charge in [-0.1, -0.05) is 23.7 Å². The highest BCUT2D eigenvalue weighted by Crippen LogP contribution is 2.21. The van der Waals surface area contributed by atoms with Crippen LogP contribution >= 0.6 is 11.6 Å². The maximum absolute atomic E-state index is 12.2. The Hall–Kier alpha value is -3.51. The lowest BCUT2D eigenvalue weighted by atomic mass is 10.2. The number of phenolic OH excluding ortho intramolecular Hbond substituents is 1. The molecular weight excluding hydrogens is 392 g/mol. The first-order chi connectivity index (χ1) is 14.0. The molecule has 0 bridgehead atoms. The van der Waals surface area contributed by atoms with Gasteiger partial charge in [0.05, 0.1) is 13.3 Å². The monoisotopic (exact) mass is 410 g/mol. The first kappa shape index (κ1) is 20.2. The molecule has 0 saturated carbocycles. The summed E-state index contributed by atoms with van der Waals surface area (Å²) in [4.78, 5) is 12.2. The molecule has 0 unspecified atom stereocenters. The second-order valence-corrected chi connectivity index (χ2v) is 6.50. The molecule has 0 aromatic heterocycles. The normalized spacial score (nSPS) is 10.7. The van der Waals surface area contributed by atoms with Crippen LogP contribution < -0.4 is 14.9 Å². The van der Waals surface area contributed by atoms with Crippen molar-refractivity contribution < 1.29 is 19.4 Å². The topological polar surface area (TPSA) is 80.2 Å². The number of amides is 1. The van der Waals surface area contributed by atoms with Crippen LogP contribution in [0.2, 0.25) is 5.02 Å². The van der Waals surface area contributed by atoms with Crippen molar-refractivity contribution in [2.45, 2.75) is 6.61 Å². The second kappa shape index (κ2) is 9.61. The number of hydrogen-bond donors (Lipinski definition) is 2. The van der Waals surface area contributed by atoms with E-state index in [-0.39, 0.29) is 11.7 Å². The van der Waals surface area contributed by atoms with E-state index in [0.29, 0.717) is 34.3 Å². The van der Waals surface area contributed by atoms with Gasteiger partial charge in [-0.25, -0.2) is 5.43 Å². The predicted octanol–water partition coefficient (Wildman–Crippen LogP) is 4.40. The van der Waals surface area contributed by atoms with Crippen LogP contribution in [0.4, 0.5) is 0 Å². The number of rotatable bonds is 7. The summed E-state index contributed by atoms with van der Waals surface area (Å²) < 4.78 is 10.8. The van der Waals surface area contributed by atoms with Gasteiger partial charge in [-0.05, 0) is 60.2 Å². The molecule has 0 radical (unpaired) electrons. The molecule has 0 fully saturated rings. The number of hydrogen-bond acceptors (Lipinski definition) is 5. The Morgan fingerprint density at radius 2 is 1.76 bits per heavy atom. The number of phenols is 1. The van der Waals surface area contributed by atoms with Gasteiger partial charge in [-0.3, -0.25) is 4.79 Å². The SMILES string of the molecule is COc1ccc(O)c(/C=N\NC(=O)c2ccc(OCc3ccc(Cl)cc3)cc2)c1. The maximum Gasteiger partial charge on any atom is 0.271 e. The summed E-state index contributed by atoms with van der Waals surface area (Å²) in [7, 11) is 1.53. The molecular formula is C22H19ClN2O4. The van der Waals surface area contributed by atoms with Crippen molar-refractivity contribution in [3.8, 4) is 17.2 Å². The van der Waals surface area contributed by atoms with Crippen molar-refractivity contribution in [1.82, 2.24) is 5.43 Å². The number of hydrazone groups is 1. The Labute approximate surface area is 173 Å². The lowest BCUT2D eigenvalue weighted by molar-refractivity contribution is 0.0955. The van der Waals surface area contributed by atoms with Crippen molar-refractivity contribution >= 4 is 23.7 Å². The van der Waals surface area contributed by atoms with Crippen LogP contribution in [-0.4, -0.2) is 24.3 Å².